The van der Waals surface area contributed by atoms with Crippen molar-refractivity contribution in [1.82, 2.24) is 0 Å². The molecular weight excluding hydrogens is 382 g/mol. The normalized spacial score (nSPS) is 15.4. The molecule has 152 valence electrons. The monoisotopic (exact) mass is 401 g/mol. The second kappa shape index (κ2) is 8.38. The van der Waals surface area contributed by atoms with Gasteiger partial charge in [0, 0.05) is 36.6 Å². The van der Waals surface area contributed by atoms with E-state index in [1.54, 1.807) is 0 Å². The molecule has 10 nitrogen and oxygen atoms in total. The summed E-state index contributed by atoms with van der Waals surface area (Å²) in [7, 11) is 0. The van der Waals surface area contributed by atoms with Gasteiger partial charge in [0.05, 0.1) is 0 Å². The molecule has 0 aromatic heterocycles. The average Bonchev–Trinajstić information content (AvgIpc) is 2.51. The quantitative estimate of drug-likeness (QED) is 0.252. The summed E-state index contributed by atoms with van der Waals surface area (Å²) in [4.78, 5) is 58.0. The standard InChI is InChI=1S/C19H19N3O7/c1-8(15-17(26)16(9(2)23)19(28)29-18(15)27)20-12-5-13(21-10(3)24)7-14(6-12)22-11(4)25/h5-7,20,26H,1-4H3,(H,21,24)(H,22,25)/b15-8-. The first-order valence-electron chi connectivity index (χ1n) is 8.38. The summed E-state index contributed by atoms with van der Waals surface area (Å²) in [6, 6.07) is 4.56. The number of carbonyl (C=O) groups is 5. The van der Waals surface area contributed by atoms with E-state index >= 15 is 0 Å². The van der Waals surface area contributed by atoms with E-state index in [0.717, 1.165) is 6.92 Å². The summed E-state index contributed by atoms with van der Waals surface area (Å²) in [6.45, 7) is 5.10. The molecule has 29 heavy (non-hydrogen) atoms. The van der Waals surface area contributed by atoms with Crippen LogP contribution in [0.2, 0.25) is 0 Å². The summed E-state index contributed by atoms with van der Waals surface area (Å²) < 4.78 is 4.53. The fraction of sp³-hybridized carbons (Fsp3) is 0.211. The molecule has 0 spiro atoms. The van der Waals surface area contributed by atoms with Gasteiger partial charge in [0.1, 0.15) is 16.9 Å². The number of Topliss-reactive ketones (excluding diaryl/α,β-unsaturated/α-hetero) is 1. The Hall–Kier alpha value is -3.95. The van der Waals surface area contributed by atoms with Gasteiger partial charge in [0.2, 0.25) is 11.8 Å². The van der Waals surface area contributed by atoms with Gasteiger partial charge in [-0.3, -0.25) is 14.4 Å². The first-order valence-corrected chi connectivity index (χ1v) is 8.38. The number of nitrogens with one attached hydrogen (secondary N) is 3. The number of amides is 2. The molecule has 10 heteroatoms. The number of rotatable bonds is 5. The third-order valence-corrected chi connectivity index (χ3v) is 3.70. The summed E-state index contributed by atoms with van der Waals surface area (Å²) in [5, 5.41) is 18.2. The van der Waals surface area contributed by atoms with E-state index < -0.39 is 29.1 Å². The summed E-state index contributed by atoms with van der Waals surface area (Å²) in [5.74, 6) is -4.58. The van der Waals surface area contributed by atoms with Crippen molar-refractivity contribution in [2.75, 3.05) is 16.0 Å². The van der Waals surface area contributed by atoms with Gasteiger partial charge in [-0.25, -0.2) is 9.59 Å². The number of aliphatic hydroxyl groups is 1. The van der Waals surface area contributed by atoms with Gasteiger partial charge in [-0.15, -0.1) is 0 Å². The minimum atomic E-state index is -1.22. The summed E-state index contributed by atoms with van der Waals surface area (Å²) in [5.41, 5.74) is 0.108. The zero-order chi connectivity index (χ0) is 21.9. The molecule has 1 aromatic carbocycles. The van der Waals surface area contributed by atoms with Crippen molar-refractivity contribution in [2.24, 2.45) is 0 Å². The van der Waals surface area contributed by atoms with E-state index in [1.807, 2.05) is 0 Å². The number of allylic oxidation sites excluding steroid dienone is 1. The number of hydrogen-bond acceptors (Lipinski definition) is 8. The van der Waals surface area contributed by atoms with Crippen LogP contribution in [0.15, 0.2) is 40.8 Å². The van der Waals surface area contributed by atoms with Crippen molar-refractivity contribution in [3.8, 4) is 0 Å². The van der Waals surface area contributed by atoms with Crippen molar-refractivity contribution in [1.29, 1.82) is 0 Å². The molecule has 2 amide bonds. The molecule has 0 radical (unpaired) electrons. The Bertz CT molecular complexity index is 971. The van der Waals surface area contributed by atoms with Crippen molar-refractivity contribution in [2.45, 2.75) is 27.7 Å². The van der Waals surface area contributed by atoms with Gasteiger partial charge in [-0.05, 0) is 32.0 Å². The Morgan fingerprint density at radius 2 is 1.24 bits per heavy atom. The van der Waals surface area contributed by atoms with Crippen LogP contribution in [0.4, 0.5) is 17.1 Å². The molecule has 1 aliphatic rings. The van der Waals surface area contributed by atoms with Crippen LogP contribution in [0.25, 0.3) is 0 Å². The lowest BCUT2D eigenvalue weighted by atomic mass is 10.0. The highest BCUT2D eigenvalue weighted by Gasteiger charge is 2.36. The average molecular weight is 401 g/mol. The third kappa shape index (κ3) is 5.06. The smallest absolute Gasteiger partial charge is 0.353 e. The number of benzene rings is 1. The van der Waals surface area contributed by atoms with Gasteiger partial charge in [0.25, 0.3) is 0 Å². The second-order valence-corrected chi connectivity index (χ2v) is 6.24. The molecule has 1 aromatic rings. The molecular formula is C19H19N3O7. The van der Waals surface area contributed by atoms with E-state index in [9.17, 15) is 29.1 Å². The first-order chi connectivity index (χ1) is 13.5. The van der Waals surface area contributed by atoms with E-state index in [0.29, 0.717) is 17.1 Å². The minimum absolute atomic E-state index is 0.0764. The molecule has 0 aliphatic carbocycles. The lowest BCUT2D eigenvalue weighted by molar-refractivity contribution is -0.155. The number of carbonyl (C=O) groups excluding carboxylic acids is 5. The van der Waals surface area contributed by atoms with Crippen LogP contribution in [0.1, 0.15) is 27.7 Å². The van der Waals surface area contributed by atoms with Gasteiger partial charge in [0.15, 0.2) is 5.78 Å². The Labute approximate surface area is 165 Å². The predicted molar refractivity (Wildman–Crippen MR) is 103 cm³/mol. The van der Waals surface area contributed by atoms with Gasteiger partial charge in [-0.2, -0.15) is 0 Å². The van der Waals surface area contributed by atoms with Crippen LogP contribution < -0.4 is 16.0 Å². The van der Waals surface area contributed by atoms with Crippen LogP contribution in [-0.2, 0) is 28.7 Å². The Morgan fingerprint density at radius 3 is 1.66 bits per heavy atom. The molecule has 0 saturated carbocycles. The Morgan fingerprint density at radius 1 is 0.793 bits per heavy atom. The minimum Gasteiger partial charge on any atom is -0.506 e. The predicted octanol–water partition coefficient (Wildman–Crippen LogP) is 1.77. The Kier molecular flexibility index (Phi) is 6.17. The van der Waals surface area contributed by atoms with E-state index in [2.05, 4.69) is 20.7 Å². The number of aliphatic hydroxyl groups excluding tert-OH is 1. The summed E-state index contributed by atoms with van der Waals surface area (Å²) in [6.07, 6.45) is 0. The zero-order valence-corrected chi connectivity index (χ0v) is 16.1. The number of esters is 2. The topological polar surface area (TPSA) is 151 Å². The van der Waals surface area contributed by atoms with Crippen LogP contribution in [-0.4, -0.2) is 34.6 Å². The highest BCUT2D eigenvalue weighted by molar-refractivity contribution is 6.23. The second-order valence-electron chi connectivity index (χ2n) is 6.24. The lowest BCUT2D eigenvalue weighted by Gasteiger charge is -2.19. The molecule has 0 bridgehead atoms. The first kappa shape index (κ1) is 21.4. The number of cyclic esters (lactones) is 2. The van der Waals surface area contributed by atoms with Crippen molar-refractivity contribution < 1.29 is 33.8 Å². The highest BCUT2D eigenvalue weighted by Crippen LogP contribution is 2.28. The van der Waals surface area contributed by atoms with Gasteiger partial charge in [-0.1, -0.05) is 0 Å². The maximum Gasteiger partial charge on any atom is 0.353 e. The van der Waals surface area contributed by atoms with Crippen molar-refractivity contribution in [3.05, 3.63) is 40.8 Å². The molecule has 1 aliphatic heterocycles. The van der Waals surface area contributed by atoms with Crippen LogP contribution in [0, 0.1) is 0 Å². The largest absolute Gasteiger partial charge is 0.506 e. The number of ether oxygens (including phenoxy) is 1. The third-order valence-electron chi connectivity index (χ3n) is 3.70. The molecule has 0 fully saturated rings. The van der Waals surface area contributed by atoms with Crippen LogP contribution >= 0.6 is 0 Å². The molecule has 0 atom stereocenters. The van der Waals surface area contributed by atoms with E-state index in [1.165, 1.54) is 39.0 Å². The number of hydrogen-bond donors (Lipinski definition) is 4. The Balaban J connectivity index is 2.51. The lowest BCUT2D eigenvalue weighted by Crippen LogP contribution is -2.29. The molecule has 1 heterocycles. The number of anilines is 3. The van der Waals surface area contributed by atoms with Gasteiger partial charge >= 0.3 is 11.9 Å². The SMILES string of the molecule is CC(=O)Nc1cc(NC(C)=O)cc(N/C(C)=C2\C(=O)OC(=O)C(C(C)=O)=C2O)c1. The molecule has 0 saturated heterocycles. The van der Waals surface area contributed by atoms with E-state index in [-0.39, 0.29) is 23.1 Å². The maximum atomic E-state index is 12.1. The van der Waals surface area contributed by atoms with Crippen LogP contribution in [0.3, 0.4) is 0 Å². The molecule has 2 rings (SSSR count). The fourth-order valence-corrected chi connectivity index (χ4v) is 2.68. The summed E-state index contributed by atoms with van der Waals surface area (Å²) >= 11 is 0. The molecule has 0 unspecified atom stereocenters. The van der Waals surface area contributed by atoms with Crippen LogP contribution in [0.5, 0.6) is 0 Å². The number of ketones is 1. The maximum absolute atomic E-state index is 12.1. The van der Waals surface area contributed by atoms with E-state index in [4.69, 9.17) is 0 Å². The fourth-order valence-electron chi connectivity index (χ4n) is 2.68. The molecule has 4 N–H and O–H groups in total. The van der Waals surface area contributed by atoms with Crippen molar-refractivity contribution >= 4 is 46.6 Å². The van der Waals surface area contributed by atoms with Gasteiger partial charge < -0.3 is 25.8 Å². The zero-order valence-electron chi connectivity index (χ0n) is 16.1. The highest BCUT2D eigenvalue weighted by atomic mass is 16.6. The van der Waals surface area contributed by atoms with Crippen molar-refractivity contribution in [3.63, 3.8) is 0 Å².